The van der Waals surface area contributed by atoms with E-state index >= 15 is 0 Å². The smallest absolute Gasteiger partial charge is 0.207 e. The summed E-state index contributed by atoms with van der Waals surface area (Å²) < 4.78 is 27.8. The highest BCUT2D eigenvalue weighted by atomic mass is 79.9. The van der Waals surface area contributed by atoms with Crippen molar-refractivity contribution < 1.29 is 8.42 Å². The van der Waals surface area contributed by atoms with Gasteiger partial charge in [-0.1, -0.05) is 47.5 Å². The number of rotatable bonds is 7. The first-order valence-electron chi connectivity index (χ1n) is 6.77. The molecule has 1 unspecified atom stereocenters. The average molecular weight is 388 g/mol. The van der Waals surface area contributed by atoms with Crippen molar-refractivity contribution in [1.82, 2.24) is 4.72 Å². The maximum absolute atomic E-state index is 12.5. The van der Waals surface area contributed by atoms with Gasteiger partial charge in [-0.2, -0.15) is 0 Å². The first kappa shape index (κ1) is 16.7. The van der Waals surface area contributed by atoms with Crippen LogP contribution in [0.1, 0.15) is 36.2 Å². The lowest BCUT2D eigenvalue weighted by Crippen LogP contribution is -2.28. The molecule has 6 heteroatoms. The standard InChI is InChI=1S/C15H18BrNO2S2/c1-2-4-14(15-5-3-10-20-15)17-21(18,19)13-8-6-12(11-16)7-9-13/h3,5-10,14,17H,2,4,11H2,1H3. The SMILES string of the molecule is CCCC(NS(=O)(=O)c1ccc(CBr)cc1)c1cccs1. The van der Waals surface area contributed by atoms with E-state index in [4.69, 9.17) is 0 Å². The average Bonchev–Trinajstić information content (AvgIpc) is 3.01. The Labute approximate surface area is 138 Å². The van der Waals surface area contributed by atoms with Crippen LogP contribution in [0.5, 0.6) is 0 Å². The van der Waals surface area contributed by atoms with Crippen molar-refractivity contribution in [2.24, 2.45) is 0 Å². The summed E-state index contributed by atoms with van der Waals surface area (Å²) in [6.07, 6.45) is 1.72. The summed E-state index contributed by atoms with van der Waals surface area (Å²) in [5, 5.41) is 2.69. The molecular formula is C15H18BrNO2S2. The summed E-state index contributed by atoms with van der Waals surface area (Å²) >= 11 is 4.94. The molecule has 21 heavy (non-hydrogen) atoms. The minimum Gasteiger partial charge on any atom is -0.207 e. The molecule has 0 saturated heterocycles. The largest absolute Gasteiger partial charge is 0.241 e. The van der Waals surface area contributed by atoms with Gasteiger partial charge in [0, 0.05) is 10.2 Å². The normalized spacial score (nSPS) is 13.2. The Morgan fingerprint density at radius 3 is 2.48 bits per heavy atom. The van der Waals surface area contributed by atoms with Crippen molar-refractivity contribution in [1.29, 1.82) is 0 Å². The van der Waals surface area contributed by atoms with Crippen LogP contribution in [0.25, 0.3) is 0 Å². The lowest BCUT2D eigenvalue weighted by Gasteiger charge is -2.17. The molecule has 3 nitrogen and oxygen atoms in total. The molecule has 0 aliphatic heterocycles. The second-order valence-electron chi connectivity index (χ2n) is 4.76. The second kappa shape index (κ2) is 7.54. The van der Waals surface area contributed by atoms with Gasteiger partial charge in [0.15, 0.2) is 0 Å². The van der Waals surface area contributed by atoms with E-state index in [0.29, 0.717) is 10.2 Å². The van der Waals surface area contributed by atoms with Crippen LogP contribution in [0.15, 0.2) is 46.7 Å². The van der Waals surface area contributed by atoms with Gasteiger partial charge in [0.1, 0.15) is 0 Å². The number of hydrogen-bond acceptors (Lipinski definition) is 3. The van der Waals surface area contributed by atoms with E-state index in [9.17, 15) is 8.42 Å². The predicted octanol–water partition coefficient (Wildman–Crippen LogP) is 4.46. The molecule has 0 amide bonds. The van der Waals surface area contributed by atoms with Gasteiger partial charge in [-0.05, 0) is 35.6 Å². The van der Waals surface area contributed by atoms with E-state index in [1.807, 2.05) is 29.6 Å². The fourth-order valence-corrected chi connectivity index (χ4v) is 4.56. The summed E-state index contributed by atoms with van der Waals surface area (Å²) in [5.41, 5.74) is 1.05. The van der Waals surface area contributed by atoms with E-state index in [1.165, 1.54) is 0 Å². The summed E-state index contributed by atoms with van der Waals surface area (Å²) in [6.45, 7) is 2.06. The molecule has 0 radical (unpaired) electrons. The zero-order chi connectivity index (χ0) is 15.3. The van der Waals surface area contributed by atoms with Gasteiger partial charge in [-0.3, -0.25) is 0 Å². The molecule has 1 aromatic carbocycles. The zero-order valence-corrected chi connectivity index (χ0v) is 15.0. The van der Waals surface area contributed by atoms with E-state index < -0.39 is 10.0 Å². The highest BCUT2D eigenvalue weighted by molar-refractivity contribution is 9.08. The fourth-order valence-electron chi connectivity index (χ4n) is 2.05. The second-order valence-corrected chi connectivity index (χ2v) is 8.01. The van der Waals surface area contributed by atoms with Gasteiger partial charge in [0.25, 0.3) is 0 Å². The Bertz CT molecular complexity index is 651. The highest BCUT2D eigenvalue weighted by Crippen LogP contribution is 2.25. The summed E-state index contributed by atoms with van der Waals surface area (Å²) in [5.74, 6) is 0. The lowest BCUT2D eigenvalue weighted by molar-refractivity contribution is 0.540. The molecule has 1 atom stereocenters. The molecule has 2 aromatic rings. The van der Waals surface area contributed by atoms with Gasteiger partial charge in [-0.15, -0.1) is 11.3 Å². The number of alkyl halides is 1. The van der Waals surface area contributed by atoms with Gasteiger partial charge < -0.3 is 0 Å². The van der Waals surface area contributed by atoms with Crippen LogP contribution in [-0.2, 0) is 15.4 Å². The molecule has 1 N–H and O–H groups in total. The van der Waals surface area contributed by atoms with Crippen molar-refractivity contribution >= 4 is 37.3 Å². The topological polar surface area (TPSA) is 46.2 Å². The van der Waals surface area contributed by atoms with Gasteiger partial charge >= 0.3 is 0 Å². The number of nitrogens with one attached hydrogen (secondary N) is 1. The molecule has 0 aliphatic rings. The third-order valence-corrected chi connectivity index (χ3v) is 6.27. The predicted molar refractivity (Wildman–Crippen MR) is 91.4 cm³/mol. The summed E-state index contributed by atoms with van der Waals surface area (Å²) in [4.78, 5) is 1.36. The first-order valence-corrected chi connectivity index (χ1v) is 10.3. The van der Waals surface area contributed by atoms with Crippen LogP contribution in [0.3, 0.4) is 0 Å². The van der Waals surface area contributed by atoms with Crippen LogP contribution in [0.2, 0.25) is 0 Å². The Kier molecular flexibility index (Phi) is 5.98. The van der Waals surface area contributed by atoms with E-state index in [-0.39, 0.29) is 6.04 Å². The molecule has 114 valence electrons. The summed E-state index contributed by atoms with van der Waals surface area (Å²) in [7, 11) is -3.49. The van der Waals surface area contributed by atoms with Gasteiger partial charge in [0.05, 0.1) is 10.9 Å². The van der Waals surface area contributed by atoms with Crippen LogP contribution < -0.4 is 4.72 Å². The Morgan fingerprint density at radius 1 is 1.24 bits per heavy atom. The van der Waals surface area contributed by atoms with Crippen molar-refractivity contribution in [3.05, 3.63) is 52.2 Å². The molecule has 0 fully saturated rings. The molecule has 0 saturated carbocycles. The molecule has 0 aliphatic carbocycles. The van der Waals surface area contributed by atoms with Gasteiger partial charge in [0.2, 0.25) is 10.0 Å². The quantitative estimate of drug-likeness (QED) is 0.712. The monoisotopic (exact) mass is 387 g/mol. The Morgan fingerprint density at radius 2 is 1.95 bits per heavy atom. The van der Waals surface area contributed by atoms with Crippen LogP contribution in [0.4, 0.5) is 0 Å². The zero-order valence-electron chi connectivity index (χ0n) is 11.8. The fraction of sp³-hybridized carbons (Fsp3) is 0.333. The maximum atomic E-state index is 12.5. The maximum Gasteiger partial charge on any atom is 0.241 e. The Hall–Kier alpha value is -0.690. The highest BCUT2D eigenvalue weighted by Gasteiger charge is 2.21. The molecular weight excluding hydrogens is 370 g/mol. The lowest BCUT2D eigenvalue weighted by atomic mass is 10.1. The van der Waals surface area contributed by atoms with Crippen LogP contribution in [-0.4, -0.2) is 8.42 Å². The van der Waals surface area contributed by atoms with Crippen LogP contribution in [0, 0.1) is 0 Å². The first-order chi connectivity index (χ1) is 10.1. The van der Waals surface area contributed by atoms with E-state index in [2.05, 4.69) is 27.6 Å². The molecule has 0 bridgehead atoms. The third-order valence-electron chi connectivity index (χ3n) is 3.15. The summed E-state index contributed by atoms with van der Waals surface area (Å²) in [6, 6.07) is 10.7. The van der Waals surface area contributed by atoms with Crippen molar-refractivity contribution in [2.45, 2.75) is 36.0 Å². The number of thiophene rings is 1. The molecule has 1 heterocycles. The van der Waals surface area contributed by atoms with Crippen molar-refractivity contribution in [3.8, 4) is 0 Å². The number of halogens is 1. The molecule has 2 rings (SSSR count). The Balaban J connectivity index is 2.21. The number of sulfonamides is 1. The van der Waals surface area contributed by atoms with Crippen LogP contribution >= 0.6 is 27.3 Å². The molecule has 1 aromatic heterocycles. The van der Waals surface area contributed by atoms with E-state index in [0.717, 1.165) is 23.3 Å². The minimum atomic E-state index is -3.49. The van der Waals surface area contributed by atoms with Crippen molar-refractivity contribution in [3.63, 3.8) is 0 Å². The number of hydrogen-bond donors (Lipinski definition) is 1. The number of benzene rings is 1. The van der Waals surface area contributed by atoms with Crippen molar-refractivity contribution in [2.75, 3.05) is 0 Å². The third kappa shape index (κ3) is 4.39. The molecule has 0 spiro atoms. The van der Waals surface area contributed by atoms with Gasteiger partial charge in [-0.25, -0.2) is 13.1 Å². The van der Waals surface area contributed by atoms with E-state index in [1.54, 1.807) is 23.5 Å². The minimum absolute atomic E-state index is 0.157.